The van der Waals surface area contributed by atoms with Gasteiger partial charge in [0, 0.05) is 5.38 Å². The van der Waals surface area contributed by atoms with Crippen LogP contribution in [0, 0.1) is 24.2 Å². The van der Waals surface area contributed by atoms with E-state index in [2.05, 4.69) is 44.6 Å². The van der Waals surface area contributed by atoms with E-state index in [1.165, 1.54) is 17.4 Å². The maximum Gasteiger partial charge on any atom is 0.119 e. The molecule has 2 saturated heterocycles. The largest absolute Gasteiger partial charge is 0.393 e. The number of aliphatic hydroxyl groups is 2. The number of fused-ring (bicyclic) bond motifs is 1. The minimum absolute atomic E-state index is 0.0145. The molecule has 0 aromatic carbocycles. The van der Waals surface area contributed by atoms with E-state index in [-0.39, 0.29) is 34.8 Å². The van der Waals surface area contributed by atoms with Gasteiger partial charge in [0.05, 0.1) is 40.7 Å². The third-order valence-corrected chi connectivity index (χ3v) is 8.90. The van der Waals surface area contributed by atoms with Gasteiger partial charge in [-0.2, -0.15) is 0 Å². The number of aromatic nitrogens is 1. The molecule has 0 radical (unpaired) electrons. The molecule has 0 aliphatic carbocycles. The number of halogens is 1. The molecule has 3 N–H and O–H groups in total. The summed E-state index contributed by atoms with van der Waals surface area (Å²) in [5, 5.41) is 28.3. The summed E-state index contributed by atoms with van der Waals surface area (Å²) in [5.74, 6) is -0.0491. The van der Waals surface area contributed by atoms with Crippen LogP contribution in [0.2, 0.25) is 0 Å². The molecule has 0 spiro atoms. The summed E-state index contributed by atoms with van der Waals surface area (Å²) >= 11 is 1.51. The van der Waals surface area contributed by atoms with E-state index in [1.54, 1.807) is 0 Å². The van der Waals surface area contributed by atoms with Crippen LogP contribution in [0.15, 0.2) is 23.9 Å². The minimum Gasteiger partial charge on any atom is -0.393 e. The SMILES string of the molecule is C=CC[C@@H]1CC(C)(C)[C@@H](O)CCN[C@H](C(F)=Cc2csc(C)n2)CC2O[C@@]2(C)CCC[C@H](C)[C@H]1O. The lowest BCUT2D eigenvalue weighted by Gasteiger charge is -2.37. The van der Waals surface area contributed by atoms with Gasteiger partial charge in [-0.15, -0.1) is 17.9 Å². The smallest absolute Gasteiger partial charge is 0.119 e. The van der Waals surface area contributed by atoms with Gasteiger partial charge in [0.1, 0.15) is 5.83 Å². The van der Waals surface area contributed by atoms with Crippen molar-refractivity contribution in [1.29, 1.82) is 0 Å². The molecule has 0 amide bonds. The number of epoxide rings is 1. The first-order valence-electron chi connectivity index (χ1n) is 13.1. The summed E-state index contributed by atoms with van der Waals surface area (Å²) in [5.41, 5.74) is 0.00879. The Hall–Kier alpha value is -1.12. The second-order valence-electron chi connectivity index (χ2n) is 11.6. The molecular weight excluding hydrogens is 463 g/mol. The number of hydrogen-bond acceptors (Lipinski definition) is 6. The van der Waals surface area contributed by atoms with Gasteiger partial charge in [-0.05, 0) is 82.2 Å². The highest BCUT2D eigenvalue weighted by molar-refractivity contribution is 7.09. The molecule has 2 aliphatic heterocycles. The van der Waals surface area contributed by atoms with Crippen molar-refractivity contribution in [2.45, 2.75) is 110 Å². The number of nitrogens with one attached hydrogen (secondary N) is 1. The van der Waals surface area contributed by atoms with Crippen LogP contribution in [-0.4, -0.2) is 51.7 Å². The third-order valence-electron chi connectivity index (χ3n) is 8.11. The number of rotatable bonds is 4. The Morgan fingerprint density at radius 3 is 2.74 bits per heavy atom. The van der Waals surface area contributed by atoms with Gasteiger partial charge in [0.2, 0.25) is 0 Å². The van der Waals surface area contributed by atoms with E-state index in [0.29, 0.717) is 31.5 Å². The van der Waals surface area contributed by atoms with Gasteiger partial charge < -0.3 is 20.3 Å². The van der Waals surface area contributed by atoms with Crippen molar-refractivity contribution in [2.75, 3.05) is 6.54 Å². The molecule has 35 heavy (non-hydrogen) atoms. The van der Waals surface area contributed by atoms with Crippen LogP contribution < -0.4 is 5.32 Å². The monoisotopic (exact) mass is 508 g/mol. The molecule has 0 saturated carbocycles. The number of allylic oxidation sites excluding steroid dienone is 1. The lowest BCUT2D eigenvalue weighted by Crippen LogP contribution is -2.40. The maximum absolute atomic E-state index is 15.4. The number of hydrogen-bond donors (Lipinski definition) is 3. The maximum atomic E-state index is 15.4. The van der Waals surface area contributed by atoms with E-state index in [4.69, 9.17) is 4.74 Å². The molecule has 3 heterocycles. The minimum atomic E-state index is -0.575. The molecule has 198 valence electrons. The summed E-state index contributed by atoms with van der Waals surface area (Å²) < 4.78 is 21.4. The van der Waals surface area contributed by atoms with Crippen LogP contribution in [0.3, 0.4) is 0 Å². The van der Waals surface area contributed by atoms with E-state index >= 15 is 4.39 Å². The molecule has 1 aromatic rings. The molecule has 7 atom stereocenters. The fourth-order valence-electron chi connectivity index (χ4n) is 5.57. The Kier molecular flexibility index (Phi) is 9.71. The quantitative estimate of drug-likeness (QED) is 0.353. The number of thiazole rings is 1. The van der Waals surface area contributed by atoms with Crippen LogP contribution in [0.4, 0.5) is 4.39 Å². The van der Waals surface area contributed by atoms with Crippen LogP contribution in [-0.2, 0) is 4.74 Å². The normalized spacial score (nSPS) is 37.4. The van der Waals surface area contributed by atoms with Crippen molar-refractivity contribution in [3.8, 4) is 0 Å². The van der Waals surface area contributed by atoms with Crippen molar-refractivity contribution in [3.05, 3.63) is 34.6 Å². The number of aliphatic hydroxyl groups excluding tert-OH is 2. The van der Waals surface area contributed by atoms with E-state index in [9.17, 15) is 10.2 Å². The number of ether oxygens (including phenoxy) is 1. The molecule has 2 fully saturated rings. The average molecular weight is 509 g/mol. The molecular formula is C28H45FN2O3S. The molecule has 3 rings (SSSR count). The van der Waals surface area contributed by atoms with Crippen molar-refractivity contribution in [2.24, 2.45) is 17.3 Å². The molecule has 1 unspecified atom stereocenters. The number of nitrogens with zero attached hydrogens (tertiary/aromatic N) is 1. The second kappa shape index (κ2) is 12.0. The van der Waals surface area contributed by atoms with Crippen LogP contribution >= 0.6 is 11.3 Å². The van der Waals surface area contributed by atoms with Gasteiger partial charge in [-0.1, -0.05) is 33.3 Å². The molecule has 1 aromatic heterocycles. The van der Waals surface area contributed by atoms with Crippen molar-refractivity contribution < 1.29 is 19.3 Å². The summed E-state index contributed by atoms with van der Waals surface area (Å²) in [6.45, 7) is 14.6. The lowest BCUT2D eigenvalue weighted by atomic mass is 9.72. The Morgan fingerprint density at radius 2 is 2.09 bits per heavy atom. The topological polar surface area (TPSA) is 77.9 Å². The van der Waals surface area contributed by atoms with Crippen molar-refractivity contribution in [3.63, 3.8) is 0 Å². The van der Waals surface area contributed by atoms with Gasteiger partial charge in [0.25, 0.3) is 0 Å². The van der Waals surface area contributed by atoms with E-state index < -0.39 is 18.2 Å². The summed E-state index contributed by atoms with van der Waals surface area (Å²) in [6, 6.07) is -0.485. The highest BCUT2D eigenvalue weighted by Crippen LogP contribution is 2.45. The molecule has 7 heteroatoms. The van der Waals surface area contributed by atoms with Crippen LogP contribution in [0.5, 0.6) is 0 Å². The van der Waals surface area contributed by atoms with Gasteiger partial charge >= 0.3 is 0 Å². The predicted molar refractivity (Wildman–Crippen MR) is 142 cm³/mol. The average Bonchev–Trinajstić information content (AvgIpc) is 3.23. The highest BCUT2D eigenvalue weighted by atomic mass is 32.1. The first kappa shape index (κ1) is 28.5. The fourth-order valence-corrected chi connectivity index (χ4v) is 6.14. The van der Waals surface area contributed by atoms with Gasteiger partial charge in [0.15, 0.2) is 0 Å². The summed E-state index contributed by atoms with van der Waals surface area (Å²) in [7, 11) is 0. The van der Waals surface area contributed by atoms with Crippen molar-refractivity contribution in [1.82, 2.24) is 10.3 Å². The zero-order valence-electron chi connectivity index (χ0n) is 22.1. The Labute approximate surface area is 214 Å². The second-order valence-corrected chi connectivity index (χ2v) is 12.7. The zero-order valence-corrected chi connectivity index (χ0v) is 22.9. The Morgan fingerprint density at radius 1 is 1.34 bits per heavy atom. The van der Waals surface area contributed by atoms with Crippen LogP contribution in [0.25, 0.3) is 6.08 Å². The first-order chi connectivity index (χ1) is 16.4. The molecule has 0 bridgehead atoms. The van der Waals surface area contributed by atoms with Gasteiger partial charge in [-0.3, -0.25) is 0 Å². The van der Waals surface area contributed by atoms with Gasteiger partial charge in [-0.25, -0.2) is 9.37 Å². The Balaban J connectivity index is 1.78. The first-order valence-corrected chi connectivity index (χ1v) is 14.0. The van der Waals surface area contributed by atoms with E-state index in [1.807, 2.05) is 18.4 Å². The lowest BCUT2D eigenvalue weighted by molar-refractivity contribution is -0.0132. The van der Waals surface area contributed by atoms with E-state index in [0.717, 1.165) is 30.7 Å². The highest BCUT2D eigenvalue weighted by Gasteiger charge is 2.52. The Bertz CT molecular complexity index is 872. The summed E-state index contributed by atoms with van der Waals surface area (Å²) in [6.07, 6.45) is 7.58. The summed E-state index contributed by atoms with van der Waals surface area (Å²) in [4.78, 5) is 4.38. The predicted octanol–water partition coefficient (Wildman–Crippen LogP) is 5.81. The zero-order chi connectivity index (χ0) is 25.8. The third kappa shape index (κ3) is 7.68. The van der Waals surface area contributed by atoms with Crippen LogP contribution in [0.1, 0.15) is 83.3 Å². The number of aryl methyl sites for hydroxylation is 1. The van der Waals surface area contributed by atoms with Crippen molar-refractivity contribution >= 4 is 17.4 Å². The standard InChI is InChI=1S/C28H45FN2O3S/c1-7-9-20-16-27(4,5)24(32)11-13-30-23(22(29)14-21-17-35-19(3)31-21)15-25-28(6,34-25)12-8-10-18(2)26(20)33/h7,14,17-18,20,23-26,30,32-33H,1,8-13,15-16H2,2-6H3/t18-,20+,23-,24-,25?,26+,28-/m0/s1. The molecule has 5 nitrogen and oxygen atoms in total. The fraction of sp³-hybridized carbons (Fsp3) is 0.750. The molecule has 2 aliphatic rings.